The average molecular weight is 274 g/mol. The minimum atomic E-state index is 0.187. The second kappa shape index (κ2) is 6.17. The van der Waals surface area contributed by atoms with Gasteiger partial charge in [-0.25, -0.2) is 0 Å². The number of benzene rings is 1. The summed E-state index contributed by atoms with van der Waals surface area (Å²) in [5, 5.41) is 3.78. The van der Waals surface area contributed by atoms with Crippen molar-refractivity contribution in [3.8, 4) is 0 Å². The Morgan fingerprint density at radius 1 is 1.25 bits per heavy atom. The third-order valence-electron chi connectivity index (χ3n) is 4.49. The van der Waals surface area contributed by atoms with Crippen LogP contribution in [0.3, 0.4) is 0 Å². The Kier molecular flexibility index (Phi) is 4.74. The maximum atomic E-state index is 3.78. The summed E-state index contributed by atoms with van der Waals surface area (Å²) < 4.78 is 0. The lowest BCUT2D eigenvalue weighted by Crippen LogP contribution is -2.40. The Morgan fingerprint density at radius 3 is 2.60 bits per heavy atom. The molecular formula is C18H30N2. The minimum absolute atomic E-state index is 0.187. The van der Waals surface area contributed by atoms with E-state index in [4.69, 9.17) is 0 Å². The number of nitrogens with one attached hydrogen (secondary N) is 1. The molecule has 1 saturated heterocycles. The van der Waals surface area contributed by atoms with Gasteiger partial charge in [-0.1, -0.05) is 39.0 Å². The van der Waals surface area contributed by atoms with E-state index in [9.17, 15) is 0 Å². The molecular weight excluding hydrogens is 244 g/mol. The van der Waals surface area contributed by atoms with Crippen LogP contribution in [0.25, 0.3) is 0 Å². The highest BCUT2D eigenvalue weighted by Crippen LogP contribution is 2.31. The van der Waals surface area contributed by atoms with Crippen molar-refractivity contribution in [3.05, 3.63) is 29.8 Å². The first-order valence-electron chi connectivity index (χ1n) is 7.92. The molecule has 0 spiro atoms. The SMILES string of the molecule is CC(Nc1ccccc1C(C)(C)C)C1CCCN(C)C1. The van der Waals surface area contributed by atoms with Crippen molar-refractivity contribution in [2.75, 3.05) is 25.5 Å². The molecule has 2 heteroatoms. The summed E-state index contributed by atoms with van der Waals surface area (Å²) >= 11 is 0. The Bertz CT molecular complexity index is 433. The van der Waals surface area contributed by atoms with Gasteiger partial charge < -0.3 is 10.2 Å². The van der Waals surface area contributed by atoms with E-state index < -0.39 is 0 Å². The largest absolute Gasteiger partial charge is 0.382 e. The summed E-state index contributed by atoms with van der Waals surface area (Å²) in [6.07, 6.45) is 2.67. The number of likely N-dealkylation sites (tertiary alicyclic amines) is 1. The van der Waals surface area contributed by atoms with Crippen LogP contribution in [0.5, 0.6) is 0 Å². The molecule has 20 heavy (non-hydrogen) atoms. The lowest BCUT2D eigenvalue weighted by molar-refractivity contribution is 0.197. The molecule has 1 fully saturated rings. The Hall–Kier alpha value is -1.02. The zero-order valence-corrected chi connectivity index (χ0v) is 13.7. The molecule has 0 saturated carbocycles. The second-order valence-electron chi connectivity index (χ2n) is 7.39. The highest BCUT2D eigenvalue weighted by molar-refractivity contribution is 5.54. The van der Waals surface area contributed by atoms with Gasteiger partial charge in [0.15, 0.2) is 0 Å². The fraction of sp³-hybridized carbons (Fsp3) is 0.667. The van der Waals surface area contributed by atoms with Crippen LogP contribution in [0.4, 0.5) is 5.69 Å². The first-order valence-corrected chi connectivity index (χ1v) is 7.92. The molecule has 112 valence electrons. The smallest absolute Gasteiger partial charge is 0.0380 e. The molecule has 2 unspecified atom stereocenters. The van der Waals surface area contributed by atoms with Crippen LogP contribution in [0.15, 0.2) is 24.3 Å². The van der Waals surface area contributed by atoms with Gasteiger partial charge in [0.05, 0.1) is 0 Å². The number of piperidine rings is 1. The molecule has 1 aliphatic rings. The topological polar surface area (TPSA) is 15.3 Å². The molecule has 1 aromatic carbocycles. The number of anilines is 1. The Balaban J connectivity index is 2.10. The fourth-order valence-electron chi connectivity index (χ4n) is 3.24. The van der Waals surface area contributed by atoms with Crippen LogP contribution in [0.2, 0.25) is 0 Å². The molecule has 2 nitrogen and oxygen atoms in total. The van der Waals surface area contributed by atoms with Gasteiger partial charge in [-0.15, -0.1) is 0 Å². The van der Waals surface area contributed by atoms with Crippen molar-refractivity contribution in [1.82, 2.24) is 4.90 Å². The molecule has 1 aliphatic heterocycles. The highest BCUT2D eigenvalue weighted by Gasteiger charge is 2.24. The van der Waals surface area contributed by atoms with E-state index in [1.165, 1.54) is 37.2 Å². The van der Waals surface area contributed by atoms with Gasteiger partial charge in [-0.3, -0.25) is 0 Å². The normalized spacial score (nSPS) is 22.6. The second-order valence-corrected chi connectivity index (χ2v) is 7.39. The maximum Gasteiger partial charge on any atom is 0.0380 e. The molecule has 1 N–H and O–H groups in total. The first-order chi connectivity index (χ1) is 9.38. The van der Waals surface area contributed by atoms with Gasteiger partial charge in [-0.05, 0) is 56.3 Å². The van der Waals surface area contributed by atoms with E-state index in [2.05, 4.69) is 69.2 Å². The third-order valence-corrected chi connectivity index (χ3v) is 4.49. The van der Waals surface area contributed by atoms with Gasteiger partial charge >= 0.3 is 0 Å². The van der Waals surface area contributed by atoms with Crippen molar-refractivity contribution in [3.63, 3.8) is 0 Å². The number of nitrogens with zero attached hydrogens (tertiary/aromatic N) is 1. The predicted molar refractivity (Wildman–Crippen MR) is 88.4 cm³/mol. The lowest BCUT2D eigenvalue weighted by Gasteiger charge is -2.35. The van der Waals surface area contributed by atoms with Gasteiger partial charge in [0.2, 0.25) is 0 Å². The number of para-hydroxylation sites is 1. The van der Waals surface area contributed by atoms with Crippen LogP contribution in [0.1, 0.15) is 46.1 Å². The summed E-state index contributed by atoms with van der Waals surface area (Å²) in [5.41, 5.74) is 2.91. The molecule has 0 bridgehead atoms. The van der Waals surface area contributed by atoms with Gasteiger partial charge in [0.1, 0.15) is 0 Å². The standard InChI is InChI=1S/C18H30N2/c1-14(15-9-8-12-20(5)13-15)19-17-11-7-6-10-16(17)18(2,3)4/h6-7,10-11,14-15,19H,8-9,12-13H2,1-5H3. The van der Waals surface area contributed by atoms with Crippen LogP contribution in [-0.2, 0) is 5.41 Å². The molecule has 0 amide bonds. The first kappa shape index (κ1) is 15.4. The molecule has 0 radical (unpaired) electrons. The highest BCUT2D eigenvalue weighted by atomic mass is 15.1. The van der Waals surface area contributed by atoms with Crippen molar-refractivity contribution >= 4 is 5.69 Å². The average Bonchev–Trinajstić information content (AvgIpc) is 2.38. The Labute approximate surface area is 124 Å². The van der Waals surface area contributed by atoms with E-state index in [-0.39, 0.29) is 5.41 Å². The zero-order chi connectivity index (χ0) is 14.8. The zero-order valence-electron chi connectivity index (χ0n) is 13.7. The minimum Gasteiger partial charge on any atom is -0.382 e. The predicted octanol–water partition coefficient (Wildman–Crippen LogP) is 4.13. The summed E-state index contributed by atoms with van der Waals surface area (Å²) in [4.78, 5) is 2.46. The molecule has 1 heterocycles. The third kappa shape index (κ3) is 3.76. The molecule has 0 aromatic heterocycles. The van der Waals surface area contributed by atoms with Crippen LogP contribution in [0, 0.1) is 5.92 Å². The van der Waals surface area contributed by atoms with E-state index in [1.807, 2.05) is 0 Å². The number of hydrogen-bond acceptors (Lipinski definition) is 2. The quantitative estimate of drug-likeness (QED) is 0.891. The van der Waals surface area contributed by atoms with Crippen molar-refractivity contribution < 1.29 is 0 Å². The fourth-order valence-corrected chi connectivity index (χ4v) is 3.24. The monoisotopic (exact) mass is 274 g/mol. The maximum absolute atomic E-state index is 3.78. The van der Waals surface area contributed by atoms with Gasteiger partial charge in [0.25, 0.3) is 0 Å². The van der Waals surface area contributed by atoms with Crippen LogP contribution < -0.4 is 5.32 Å². The van der Waals surface area contributed by atoms with Crippen molar-refractivity contribution in [1.29, 1.82) is 0 Å². The number of hydrogen-bond donors (Lipinski definition) is 1. The van der Waals surface area contributed by atoms with E-state index in [0.717, 1.165) is 5.92 Å². The summed E-state index contributed by atoms with van der Waals surface area (Å²) in [6, 6.07) is 9.29. The Morgan fingerprint density at radius 2 is 1.95 bits per heavy atom. The summed E-state index contributed by atoms with van der Waals surface area (Å²) in [5.74, 6) is 0.752. The molecule has 2 rings (SSSR count). The molecule has 1 aromatic rings. The van der Waals surface area contributed by atoms with Crippen molar-refractivity contribution in [2.45, 2.75) is 52.0 Å². The van der Waals surface area contributed by atoms with Gasteiger partial charge in [0, 0.05) is 18.3 Å². The van der Waals surface area contributed by atoms with Gasteiger partial charge in [-0.2, -0.15) is 0 Å². The van der Waals surface area contributed by atoms with E-state index in [0.29, 0.717) is 6.04 Å². The van der Waals surface area contributed by atoms with Crippen LogP contribution >= 0.6 is 0 Å². The lowest BCUT2D eigenvalue weighted by atomic mass is 9.85. The number of rotatable bonds is 3. The summed E-state index contributed by atoms with van der Waals surface area (Å²) in [7, 11) is 2.24. The molecule has 2 atom stereocenters. The van der Waals surface area contributed by atoms with E-state index >= 15 is 0 Å². The van der Waals surface area contributed by atoms with E-state index in [1.54, 1.807) is 0 Å². The van der Waals surface area contributed by atoms with Crippen LogP contribution in [-0.4, -0.2) is 31.1 Å². The summed E-state index contributed by atoms with van der Waals surface area (Å²) in [6.45, 7) is 11.7. The van der Waals surface area contributed by atoms with Crippen molar-refractivity contribution in [2.24, 2.45) is 5.92 Å². The molecule has 0 aliphatic carbocycles.